The van der Waals surface area contributed by atoms with Gasteiger partial charge in [0.2, 0.25) is 0 Å². The van der Waals surface area contributed by atoms with Gasteiger partial charge in [0.05, 0.1) is 0 Å². The van der Waals surface area contributed by atoms with Crippen LogP contribution >= 0.6 is 23.4 Å². The van der Waals surface area contributed by atoms with Crippen LogP contribution in [0.5, 0.6) is 0 Å². The number of anilines is 1. The van der Waals surface area contributed by atoms with Gasteiger partial charge in [-0.15, -0.1) is 0 Å². The number of nitrogens with zero attached hydrogens (tertiary/aromatic N) is 1. The predicted octanol–water partition coefficient (Wildman–Crippen LogP) is 4.42. The minimum Gasteiger partial charge on any atom is -0.369 e. The summed E-state index contributed by atoms with van der Waals surface area (Å²) in [7, 11) is 0. The Bertz CT molecular complexity index is 450. The Morgan fingerprint density at radius 3 is 2.95 bits per heavy atom. The average molecular weight is 327 g/mol. The van der Waals surface area contributed by atoms with Gasteiger partial charge in [-0.1, -0.05) is 38.4 Å². The van der Waals surface area contributed by atoms with Crippen LogP contribution in [0.2, 0.25) is 5.02 Å². The van der Waals surface area contributed by atoms with Crippen LogP contribution < -0.4 is 10.2 Å². The van der Waals surface area contributed by atoms with Crippen molar-refractivity contribution in [2.24, 2.45) is 5.92 Å². The molecule has 1 aromatic rings. The molecule has 1 atom stereocenters. The van der Waals surface area contributed by atoms with Gasteiger partial charge in [-0.3, -0.25) is 0 Å². The molecule has 1 N–H and O–H groups in total. The second-order valence-corrected chi connectivity index (χ2v) is 7.92. The Morgan fingerprint density at radius 2 is 2.24 bits per heavy atom. The van der Waals surface area contributed by atoms with Crippen molar-refractivity contribution >= 4 is 29.1 Å². The standard InChI is InChI=1S/C17H27ClN2S/c1-4-14-12-20(8-9-21-14)17-7-5-6-16(18)15(17)11-19-10-13(2)3/h5-7,13-14,19H,4,8-12H2,1-3H3. The van der Waals surface area contributed by atoms with Gasteiger partial charge in [0.1, 0.15) is 0 Å². The smallest absolute Gasteiger partial charge is 0.0471 e. The normalized spacial score (nSPS) is 19.3. The van der Waals surface area contributed by atoms with Crippen molar-refractivity contribution in [3.63, 3.8) is 0 Å². The van der Waals surface area contributed by atoms with E-state index in [1.807, 2.05) is 6.07 Å². The number of thioether (sulfide) groups is 1. The molecule has 1 aliphatic heterocycles. The highest BCUT2D eigenvalue weighted by Crippen LogP contribution is 2.31. The highest BCUT2D eigenvalue weighted by molar-refractivity contribution is 8.00. The van der Waals surface area contributed by atoms with Crippen molar-refractivity contribution in [1.29, 1.82) is 0 Å². The van der Waals surface area contributed by atoms with Crippen LogP contribution in [0, 0.1) is 5.92 Å². The van der Waals surface area contributed by atoms with Gasteiger partial charge >= 0.3 is 0 Å². The fourth-order valence-electron chi connectivity index (χ4n) is 2.69. The van der Waals surface area contributed by atoms with Crippen LogP contribution in [0.4, 0.5) is 5.69 Å². The summed E-state index contributed by atoms with van der Waals surface area (Å²) in [5, 5.41) is 5.16. The molecule has 2 rings (SSSR count). The number of hydrogen-bond donors (Lipinski definition) is 1. The summed E-state index contributed by atoms with van der Waals surface area (Å²) >= 11 is 8.57. The highest BCUT2D eigenvalue weighted by atomic mass is 35.5. The topological polar surface area (TPSA) is 15.3 Å². The number of halogens is 1. The number of benzene rings is 1. The van der Waals surface area contributed by atoms with Gasteiger partial charge in [0, 0.05) is 46.9 Å². The van der Waals surface area contributed by atoms with Gasteiger partial charge in [-0.25, -0.2) is 0 Å². The molecule has 0 spiro atoms. The molecule has 21 heavy (non-hydrogen) atoms. The van der Waals surface area contributed by atoms with E-state index in [-0.39, 0.29) is 0 Å². The Kier molecular flexibility index (Phi) is 6.72. The van der Waals surface area contributed by atoms with Crippen LogP contribution in [0.3, 0.4) is 0 Å². The molecule has 0 saturated carbocycles. The second kappa shape index (κ2) is 8.30. The number of hydrogen-bond acceptors (Lipinski definition) is 3. The molecular weight excluding hydrogens is 300 g/mol. The van der Waals surface area contributed by atoms with Crippen molar-refractivity contribution in [1.82, 2.24) is 5.32 Å². The van der Waals surface area contributed by atoms with Crippen molar-refractivity contribution in [3.05, 3.63) is 28.8 Å². The molecule has 0 amide bonds. The lowest BCUT2D eigenvalue weighted by Crippen LogP contribution is -2.38. The summed E-state index contributed by atoms with van der Waals surface area (Å²) in [4.78, 5) is 2.52. The van der Waals surface area contributed by atoms with E-state index in [0.29, 0.717) is 5.92 Å². The predicted molar refractivity (Wildman–Crippen MR) is 96.7 cm³/mol. The molecule has 1 unspecified atom stereocenters. The maximum Gasteiger partial charge on any atom is 0.0471 e. The lowest BCUT2D eigenvalue weighted by atomic mass is 10.1. The Morgan fingerprint density at radius 1 is 1.43 bits per heavy atom. The Labute approximate surface area is 138 Å². The van der Waals surface area contributed by atoms with Crippen LogP contribution in [-0.2, 0) is 6.54 Å². The number of nitrogens with one attached hydrogen (secondary N) is 1. The Balaban J connectivity index is 2.12. The van der Waals surface area contributed by atoms with Crippen LogP contribution in [0.25, 0.3) is 0 Å². The second-order valence-electron chi connectivity index (χ2n) is 6.11. The molecule has 2 nitrogen and oxygen atoms in total. The zero-order chi connectivity index (χ0) is 15.2. The summed E-state index contributed by atoms with van der Waals surface area (Å²) in [5.74, 6) is 1.87. The molecule has 0 aromatic heterocycles. The van der Waals surface area contributed by atoms with E-state index in [9.17, 15) is 0 Å². The van der Waals surface area contributed by atoms with E-state index in [2.05, 4.69) is 54.9 Å². The molecule has 1 aliphatic rings. The quantitative estimate of drug-likeness (QED) is 0.833. The fourth-order valence-corrected chi connectivity index (χ4v) is 4.11. The molecule has 1 saturated heterocycles. The average Bonchev–Trinajstić information content (AvgIpc) is 2.48. The fraction of sp³-hybridized carbons (Fsp3) is 0.647. The van der Waals surface area contributed by atoms with E-state index >= 15 is 0 Å². The highest BCUT2D eigenvalue weighted by Gasteiger charge is 2.21. The van der Waals surface area contributed by atoms with Gasteiger partial charge in [0.25, 0.3) is 0 Å². The van der Waals surface area contributed by atoms with E-state index < -0.39 is 0 Å². The summed E-state index contributed by atoms with van der Waals surface area (Å²) in [6, 6.07) is 6.31. The van der Waals surface area contributed by atoms with Crippen molar-refractivity contribution in [3.8, 4) is 0 Å². The summed E-state index contributed by atoms with van der Waals surface area (Å²) in [6.07, 6.45) is 1.24. The third-order valence-corrected chi connectivity index (χ3v) is 5.61. The summed E-state index contributed by atoms with van der Waals surface area (Å²) in [6.45, 7) is 10.9. The first-order chi connectivity index (χ1) is 10.1. The molecule has 0 aliphatic carbocycles. The third-order valence-electron chi connectivity index (χ3n) is 3.88. The zero-order valence-corrected chi connectivity index (χ0v) is 14.9. The van der Waals surface area contributed by atoms with Crippen molar-refractivity contribution < 1.29 is 0 Å². The van der Waals surface area contributed by atoms with Gasteiger partial charge in [-0.2, -0.15) is 11.8 Å². The van der Waals surface area contributed by atoms with Gasteiger partial charge in [0.15, 0.2) is 0 Å². The molecule has 1 fully saturated rings. The monoisotopic (exact) mass is 326 g/mol. The summed E-state index contributed by atoms with van der Waals surface area (Å²) in [5.41, 5.74) is 2.57. The van der Waals surface area contributed by atoms with Crippen molar-refractivity contribution in [2.45, 2.75) is 39.0 Å². The van der Waals surface area contributed by atoms with Crippen LogP contribution in [-0.4, -0.2) is 30.6 Å². The maximum absolute atomic E-state index is 6.46. The van der Waals surface area contributed by atoms with Gasteiger partial charge in [-0.05, 0) is 31.0 Å². The molecular formula is C17H27ClN2S. The summed E-state index contributed by atoms with van der Waals surface area (Å²) < 4.78 is 0. The number of rotatable bonds is 6. The molecule has 0 radical (unpaired) electrons. The van der Waals surface area contributed by atoms with Gasteiger partial charge < -0.3 is 10.2 Å². The van der Waals surface area contributed by atoms with Crippen LogP contribution in [0.15, 0.2) is 18.2 Å². The van der Waals surface area contributed by atoms with E-state index in [1.54, 1.807) is 0 Å². The largest absolute Gasteiger partial charge is 0.369 e. The molecule has 1 aromatic carbocycles. The third kappa shape index (κ3) is 4.80. The van der Waals surface area contributed by atoms with E-state index in [4.69, 9.17) is 11.6 Å². The molecule has 118 valence electrons. The van der Waals surface area contributed by atoms with Crippen molar-refractivity contribution in [2.75, 3.05) is 30.3 Å². The maximum atomic E-state index is 6.46. The van der Waals surface area contributed by atoms with Crippen LogP contribution in [0.1, 0.15) is 32.8 Å². The molecule has 0 bridgehead atoms. The first-order valence-electron chi connectivity index (χ1n) is 7.96. The van der Waals surface area contributed by atoms with E-state index in [0.717, 1.165) is 36.5 Å². The Hall–Kier alpha value is -0.380. The lowest BCUT2D eigenvalue weighted by Gasteiger charge is -2.35. The molecule has 4 heteroatoms. The SMILES string of the molecule is CCC1CN(c2cccc(Cl)c2CNCC(C)C)CCS1. The molecule has 1 heterocycles. The first-order valence-corrected chi connectivity index (χ1v) is 9.39. The minimum absolute atomic E-state index is 0.659. The minimum atomic E-state index is 0.659. The van der Waals surface area contributed by atoms with E-state index in [1.165, 1.54) is 23.4 Å². The zero-order valence-electron chi connectivity index (χ0n) is 13.4. The first kappa shape index (κ1) is 17.0. The lowest BCUT2D eigenvalue weighted by molar-refractivity contribution is 0.552.